The lowest BCUT2D eigenvalue weighted by Crippen LogP contribution is -2.26. The second-order valence-electron chi connectivity index (χ2n) is 3.90. The molecule has 0 aliphatic rings. The summed E-state index contributed by atoms with van der Waals surface area (Å²) in [6, 6.07) is 4.67. The number of halogens is 1. The van der Waals surface area contributed by atoms with Crippen LogP contribution in [0.15, 0.2) is 34.3 Å². The number of nitrogens with zero attached hydrogens (tertiary/aromatic N) is 2. The first-order valence-electron chi connectivity index (χ1n) is 5.74. The minimum absolute atomic E-state index is 0.0395. The molecule has 1 aromatic heterocycles. The van der Waals surface area contributed by atoms with E-state index < -0.39 is 15.8 Å². The number of hydrogen-bond donors (Lipinski definition) is 2. The molecule has 0 saturated heterocycles. The van der Waals surface area contributed by atoms with Gasteiger partial charge in [0.05, 0.1) is 4.90 Å². The van der Waals surface area contributed by atoms with Crippen LogP contribution in [-0.4, -0.2) is 35.9 Å². The zero-order valence-corrected chi connectivity index (χ0v) is 12.3. The highest BCUT2D eigenvalue weighted by atomic mass is 32.2. The van der Waals surface area contributed by atoms with Crippen LogP contribution < -0.4 is 4.72 Å². The first-order chi connectivity index (χ1) is 9.47. The maximum absolute atomic E-state index is 12.7. The van der Waals surface area contributed by atoms with Gasteiger partial charge in [-0.1, -0.05) is 11.8 Å². The Balaban J connectivity index is 1.85. The van der Waals surface area contributed by atoms with E-state index in [1.807, 2.05) is 0 Å². The molecule has 0 unspecified atom stereocenters. The van der Waals surface area contributed by atoms with E-state index in [-0.39, 0.29) is 11.4 Å². The molecule has 2 aromatic rings. The van der Waals surface area contributed by atoms with Crippen LogP contribution in [0.3, 0.4) is 0 Å². The van der Waals surface area contributed by atoms with Crippen LogP contribution >= 0.6 is 11.8 Å². The highest BCUT2D eigenvalue weighted by Gasteiger charge is 2.13. The van der Waals surface area contributed by atoms with Gasteiger partial charge in [0.2, 0.25) is 15.2 Å². The molecule has 108 valence electrons. The smallest absolute Gasteiger partial charge is 0.240 e. The van der Waals surface area contributed by atoms with Crippen molar-refractivity contribution in [3.63, 3.8) is 0 Å². The lowest BCUT2D eigenvalue weighted by molar-refractivity contribution is 0.583. The van der Waals surface area contributed by atoms with Gasteiger partial charge in [-0.3, -0.25) is 5.10 Å². The zero-order valence-electron chi connectivity index (χ0n) is 10.6. The summed E-state index contributed by atoms with van der Waals surface area (Å²) in [6.07, 6.45) is 0. The second kappa shape index (κ2) is 6.33. The van der Waals surface area contributed by atoms with Gasteiger partial charge < -0.3 is 0 Å². The van der Waals surface area contributed by atoms with Crippen molar-refractivity contribution in [2.24, 2.45) is 0 Å². The van der Waals surface area contributed by atoms with Crippen LogP contribution in [0.1, 0.15) is 5.82 Å². The number of nitrogens with one attached hydrogen (secondary N) is 2. The van der Waals surface area contributed by atoms with E-state index in [0.717, 1.165) is 12.1 Å². The van der Waals surface area contributed by atoms with Gasteiger partial charge in [-0.15, -0.1) is 5.10 Å². The first kappa shape index (κ1) is 14.9. The molecule has 1 aromatic carbocycles. The maximum atomic E-state index is 12.7. The molecule has 0 bridgehead atoms. The Hall–Kier alpha value is -1.45. The molecule has 2 N–H and O–H groups in total. The third-order valence-electron chi connectivity index (χ3n) is 2.33. The fourth-order valence-corrected chi connectivity index (χ4v) is 3.26. The molecule has 0 amide bonds. The summed E-state index contributed by atoms with van der Waals surface area (Å²) in [6.45, 7) is 2.02. The van der Waals surface area contributed by atoms with E-state index in [1.165, 1.54) is 23.9 Å². The minimum Gasteiger partial charge on any atom is -0.262 e. The van der Waals surface area contributed by atoms with Crippen LogP contribution in [0.25, 0.3) is 0 Å². The summed E-state index contributed by atoms with van der Waals surface area (Å²) in [4.78, 5) is 4.13. The Morgan fingerprint density at radius 3 is 2.65 bits per heavy atom. The number of thioether (sulfide) groups is 1. The van der Waals surface area contributed by atoms with Crippen LogP contribution in [-0.2, 0) is 10.0 Å². The van der Waals surface area contributed by atoms with Gasteiger partial charge in [-0.25, -0.2) is 22.5 Å². The van der Waals surface area contributed by atoms with Gasteiger partial charge in [-0.05, 0) is 31.2 Å². The summed E-state index contributed by atoms with van der Waals surface area (Å²) < 4.78 is 38.9. The molecule has 0 aliphatic carbocycles. The van der Waals surface area contributed by atoms with Crippen LogP contribution in [0.4, 0.5) is 4.39 Å². The van der Waals surface area contributed by atoms with Crippen molar-refractivity contribution in [3.8, 4) is 0 Å². The van der Waals surface area contributed by atoms with Gasteiger partial charge in [-0.2, -0.15) is 0 Å². The third-order valence-corrected chi connectivity index (χ3v) is 4.65. The average Bonchev–Trinajstić information content (AvgIpc) is 2.81. The topological polar surface area (TPSA) is 87.7 Å². The SMILES string of the molecule is Cc1nc(SCCNS(=O)(=O)c2ccc(F)cc2)n[nH]1. The third kappa shape index (κ3) is 4.02. The Morgan fingerprint density at radius 1 is 1.35 bits per heavy atom. The second-order valence-corrected chi connectivity index (χ2v) is 6.73. The van der Waals surface area contributed by atoms with Crippen molar-refractivity contribution in [2.75, 3.05) is 12.3 Å². The van der Waals surface area contributed by atoms with Crippen molar-refractivity contribution < 1.29 is 12.8 Å². The van der Waals surface area contributed by atoms with Gasteiger partial charge in [0, 0.05) is 12.3 Å². The standard InChI is InChI=1S/C11H13FN4O2S2/c1-8-14-11(16-15-8)19-7-6-13-20(17,18)10-4-2-9(12)3-5-10/h2-5,13H,6-7H2,1H3,(H,14,15,16). The van der Waals surface area contributed by atoms with Crippen molar-refractivity contribution >= 4 is 21.8 Å². The Kier molecular flexibility index (Phi) is 4.73. The Labute approximate surface area is 120 Å². The molecule has 1 heterocycles. The summed E-state index contributed by atoms with van der Waals surface area (Å²) >= 11 is 1.34. The number of H-pyrrole nitrogens is 1. The molecule has 0 saturated carbocycles. The number of aromatic amines is 1. The van der Waals surface area contributed by atoms with E-state index >= 15 is 0 Å². The van der Waals surface area contributed by atoms with Crippen LogP contribution in [0.5, 0.6) is 0 Å². The van der Waals surface area contributed by atoms with Crippen molar-refractivity contribution in [2.45, 2.75) is 17.0 Å². The number of aryl methyl sites for hydroxylation is 1. The fraction of sp³-hybridized carbons (Fsp3) is 0.273. The number of rotatable bonds is 6. The molecule has 0 fully saturated rings. The monoisotopic (exact) mass is 316 g/mol. The summed E-state index contributed by atoms with van der Waals surface area (Å²) in [5, 5.41) is 7.20. The number of aromatic nitrogens is 3. The molecule has 0 atom stereocenters. The minimum atomic E-state index is -3.60. The lowest BCUT2D eigenvalue weighted by atomic mass is 10.4. The fourth-order valence-electron chi connectivity index (χ4n) is 1.40. The molecule has 20 heavy (non-hydrogen) atoms. The van der Waals surface area contributed by atoms with Crippen molar-refractivity contribution in [3.05, 3.63) is 35.9 Å². The zero-order chi connectivity index (χ0) is 14.6. The van der Waals surface area contributed by atoms with Gasteiger partial charge in [0.15, 0.2) is 0 Å². The van der Waals surface area contributed by atoms with Crippen molar-refractivity contribution in [1.29, 1.82) is 0 Å². The molecular formula is C11H13FN4O2S2. The molecule has 0 aliphatic heterocycles. The molecule has 0 spiro atoms. The van der Waals surface area contributed by atoms with E-state index in [9.17, 15) is 12.8 Å². The highest BCUT2D eigenvalue weighted by Crippen LogP contribution is 2.12. The molecule has 9 heteroatoms. The summed E-state index contributed by atoms with van der Waals surface area (Å²) in [5.74, 6) is 0.733. The van der Waals surface area contributed by atoms with E-state index in [1.54, 1.807) is 6.92 Å². The molecule has 0 radical (unpaired) electrons. The largest absolute Gasteiger partial charge is 0.262 e. The molecule has 6 nitrogen and oxygen atoms in total. The first-order valence-corrected chi connectivity index (χ1v) is 8.21. The average molecular weight is 316 g/mol. The number of sulfonamides is 1. The van der Waals surface area contributed by atoms with Gasteiger partial charge >= 0.3 is 0 Å². The lowest BCUT2D eigenvalue weighted by Gasteiger charge is -2.05. The normalized spacial score (nSPS) is 11.7. The molecule has 2 rings (SSSR count). The van der Waals surface area contributed by atoms with Gasteiger partial charge in [0.1, 0.15) is 11.6 Å². The predicted octanol–water partition coefficient (Wildman–Crippen LogP) is 1.32. The quantitative estimate of drug-likeness (QED) is 0.620. The number of benzene rings is 1. The maximum Gasteiger partial charge on any atom is 0.240 e. The van der Waals surface area contributed by atoms with Crippen molar-refractivity contribution in [1.82, 2.24) is 19.9 Å². The predicted molar refractivity (Wildman–Crippen MR) is 73.4 cm³/mol. The Bertz CT molecular complexity index is 670. The van der Waals surface area contributed by atoms with Gasteiger partial charge in [0.25, 0.3) is 0 Å². The number of hydrogen-bond acceptors (Lipinski definition) is 5. The summed E-state index contributed by atoms with van der Waals surface area (Å²) in [5.41, 5.74) is 0. The van der Waals surface area contributed by atoms with E-state index in [0.29, 0.717) is 16.7 Å². The van der Waals surface area contributed by atoms with E-state index in [2.05, 4.69) is 19.9 Å². The van der Waals surface area contributed by atoms with Crippen LogP contribution in [0, 0.1) is 12.7 Å². The highest BCUT2D eigenvalue weighted by molar-refractivity contribution is 7.99. The van der Waals surface area contributed by atoms with Crippen LogP contribution in [0.2, 0.25) is 0 Å². The Morgan fingerprint density at radius 2 is 2.05 bits per heavy atom. The van der Waals surface area contributed by atoms with E-state index in [4.69, 9.17) is 0 Å². The molecular weight excluding hydrogens is 303 g/mol. The summed E-state index contributed by atoms with van der Waals surface area (Å²) in [7, 11) is -3.60.